The first-order valence-corrected chi connectivity index (χ1v) is 5.95. The summed E-state index contributed by atoms with van der Waals surface area (Å²) in [6.45, 7) is 0.538. The number of rotatable bonds is 7. The van der Waals surface area contributed by atoms with E-state index in [4.69, 9.17) is 10.6 Å². The molecule has 2 rings (SSSR count). The van der Waals surface area contributed by atoms with Gasteiger partial charge in [0.1, 0.15) is 0 Å². The van der Waals surface area contributed by atoms with Gasteiger partial charge in [0.05, 0.1) is 18.8 Å². The number of nitrogens with zero attached hydrogens (tertiary/aromatic N) is 3. The van der Waals surface area contributed by atoms with Crippen molar-refractivity contribution in [2.45, 2.75) is 12.5 Å². The van der Waals surface area contributed by atoms with E-state index in [2.05, 4.69) is 20.7 Å². The van der Waals surface area contributed by atoms with Gasteiger partial charge < -0.3 is 25.0 Å². The molecule has 0 spiro atoms. The topological polar surface area (TPSA) is 110 Å². The third-order valence-electron chi connectivity index (χ3n) is 2.75. The highest BCUT2D eigenvalue weighted by atomic mass is 16.5. The van der Waals surface area contributed by atoms with Gasteiger partial charge in [-0.05, 0) is 6.42 Å². The number of anilines is 2. The molecule has 0 saturated carbocycles. The van der Waals surface area contributed by atoms with Gasteiger partial charge in [0.15, 0.2) is 17.3 Å². The quantitative estimate of drug-likeness (QED) is 0.406. The Morgan fingerprint density at radius 1 is 1.58 bits per heavy atom. The van der Waals surface area contributed by atoms with Crippen molar-refractivity contribution in [2.75, 3.05) is 31.1 Å². The summed E-state index contributed by atoms with van der Waals surface area (Å²) in [6.07, 6.45) is 5.87. The number of nitrogens with two attached hydrogens (primary N) is 1. The van der Waals surface area contributed by atoms with Crippen molar-refractivity contribution in [2.24, 2.45) is 5.84 Å². The third kappa shape index (κ3) is 3.11. The van der Waals surface area contributed by atoms with E-state index < -0.39 is 0 Å². The number of nitrogen functional groups attached to an aromatic ring is 1. The minimum absolute atomic E-state index is 0.0157. The van der Waals surface area contributed by atoms with Gasteiger partial charge in [0.25, 0.3) is 0 Å². The molecule has 0 saturated heterocycles. The second kappa shape index (κ2) is 6.32. The summed E-state index contributed by atoms with van der Waals surface area (Å²) in [4.78, 5) is 8.52. The molecule has 5 N–H and O–H groups in total. The number of hydrazine groups is 1. The van der Waals surface area contributed by atoms with Crippen LogP contribution in [0.4, 0.5) is 11.6 Å². The van der Waals surface area contributed by atoms with Crippen LogP contribution in [0.5, 0.6) is 0 Å². The maximum absolute atomic E-state index is 9.35. The van der Waals surface area contributed by atoms with E-state index in [1.54, 1.807) is 30.1 Å². The summed E-state index contributed by atoms with van der Waals surface area (Å²) in [5, 5.41) is 12.5. The van der Waals surface area contributed by atoms with E-state index in [9.17, 15) is 5.11 Å². The number of ether oxygens (including phenoxy) is 1. The molecule has 104 valence electrons. The number of fused-ring (bicyclic) bond motifs is 1. The second-order valence-electron chi connectivity index (χ2n) is 4.08. The number of aliphatic hydroxyl groups is 1. The van der Waals surface area contributed by atoms with Crippen LogP contribution < -0.4 is 16.6 Å². The van der Waals surface area contributed by atoms with Crippen molar-refractivity contribution >= 4 is 17.3 Å². The van der Waals surface area contributed by atoms with E-state index in [1.807, 2.05) is 0 Å². The SMILES string of the molecule is COCCC(CO)Nc1nc(NN)cn2ccnc12. The van der Waals surface area contributed by atoms with E-state index in [0.717, 1.165) is 0 Å². The molecule has 0 fully saturated rings. The first kappa shape index (κ1) is 13.5. The number of methoxy groups -OCH3 is 1. The van der Waals surface area contributed by atoms with Crippen LogP contribution in [-0.4, -0.2) is 45.8 Å². The lowest BCUT2D eigenvalue weighted by Crippen LogP contribution is -2.26. The van der Waals surface area contributed by atoms with Gasteiger partial charge >= 0.3 is 0 Å². The van der Waals surface area contributed by atoms with Crippen molar-refractivity contribution in [1.82, 2.24) is 14.4 Å². The monoisotopic (exact) mass is 266 g/mol. The second-order valence-corrected chi connectivity index (χ2v) is 4.08. The summed E-state index contributed by atoms with van der Waals surface area (Å²) >= 11 is 0. The predicted molar refractivity (Wildman–Crippen MR) is 71.8 cm³/mol. The van der Waals surface area contributed by atoms with E-state index in [1.165, 1.54) is 0 Å². The van der Waals surface area contributed by atoms with Gasteiger partial charge in [-0.25, -0.2) is 15.8 Å². The number of aliphatic hydroxyl groups excluding tert-OH is 1. The average molecular weight is 266 g/mol. The van der Waals surface area contributed by atoms with Crippen LogP contribution in [0.25, 0.3) is 5.65 Å². The molecule has 1 unspecified atom stereocenters. The maximum atomic E-state index is 9.35. The Morgan fingerprint density at radius 3 is 3.11 bits per heavy atom. The van der Waals surface area contributed by atoms with Crippen molar-refractivity contribution < 1.29 is 9.84 Å². The van der Waals surface area contributed by atoms with Crippen LogP contribution in [-0.2, 0) is 4.74 Å². The first-order chi connectivity index (χ1) is 9.28. The Hall–Kier alpha value is -1.90. The lowest BCUT2D eigenvalue weighted by atomic mass is 10.2. The molecule has 0 amide bonds. The highest BCUT2D eigenvalue weighted by molar-refractivity contribution is 5.65. The molecule has 8 heteroatoms. The Kier molecular flexibility index (Phi) is 4.50. The third-order valence-corrected chi connectivity index (χ3v) is 2.75. The van der Waals surface area contributed by atoms with E-state index in [0.29, 0.717) is 30.3 Å². The molecule has 0 radical (unpaired) electrons. The van der Waals surface area contributed by atoms with Gasteiger partial charge in [-0.3, -0.25) is 0 Å². The Balaban J connectivity index is 2.24. The average Bonchev–Trinajstić information content (AvgIpc) is 2.91. The Bertz CT molecular complexity index is 529. The van der Waals surface area contributed by atoms with Crippen molar-refractivity contribution in [3.8, 4) is 0 Å². The lowest BCUT2D eigenvalue weighted by Gasteiger charge is -2.17. The van der Waals surface area contributed by atoms with Crippen molar-refractivity contribution in [3.05, 3.63) is 18.6 Å². The van der Waals surface area contributed by atoms with Gasteiger partial charge in [0, 0.05) is 26.1 Å². The fourth-order valence-corrected chi connectivity index (χ4v) is 1.76. The molecule has 0 aliphatic carbocycles. The van der Waals surface area contributed by atoms with Gasteiger partial charge in [-0.15, -0.1) is 0 Å². The van der Waals surface area contributed by atoms with Crippen LogP contribution in [0.2, 0.25) is 0 Å². The molecule has 0 aromatic carbocycles. The molecular formula is C11H18N6O2. The molecule has 2 aromatic heterocycles. The lowest BCUT2D eigenvalue weighted by molar-refractivity contribution is 0.174. The summed E-state index contributed by atoms with van der Waals surface area (Å²) in [6, 6.07) is -0.152. The number of nitrogens with one attached hydrogen (secondary N) is 2. The zero-order valence-electron chi connectivity index (χ0n) is 10.7. The van der Waals surface area contributed by atoms with E-state index in [-0.39, 0.29) is 12.6 Å². The number of aromatic nitrogens is 3. The van der Waals surface area contributed by atoms with Crippen molar-refractivity contribution in [3.63, 3.8) is 0 Å². The minimum atomic E-state index is -0.152. The summed E-state index contributed by atoms with van der Waals surface area (Å²) in [7, 11) is 1.62. The van der Waals surface area contributed by atoms with Crippen LogP contribution in [0.1, 0.15) is 6.42 Å². The zero-order chi connectivity index (χ0) is 13.7. The number of imidazole rings is 1. The largest absolute Gasteiger partial charge is 0.394 e. The summed E-state index contributed by atoms with van der Waals surface area (Å²) in [5.41, 5.74) is 3.17. The van der Waals surface area contributed by atoms with Crippen LogP contribution >= 0.6 is 0 Å². The van der Waals surface area contributed by atoms with Crippen LogP contribution in [0.3, 0.4) is 0 Å². The van der Waals surface area contributed by atoms with Gasteiger partial charge in [-0.1, -0.05) is 0 Å². The molecule has 19 heavy (non-hydrogen) atoms. The first-order valence-electron chi connectivity index (χ1n) is 5.95. The number of hydrogen-bond acceptors (Lipinski definition) is 7. The zero-order valence-corrected chi connectivity index (χ0v) is 10.7. The normalized spacial score (nSPS) is 12.6. The fourth-order valence-electron chi connectivity index (χ4n) is 1.76. The Morgan fingerprint density at radius 2 is 2.42 bits per heavy atom. The summed E-state index contributed by atoms with van der Waals surface area (Å²) < 4.78 is 6.81. The standard InChI is InChI=1S/C11H18N6O2/c1-19-5-2-8(7-18)14-10-11-13-3-4-17(11)6-9(15-10)16-12/h3-4,6,8,16,18H,2,5,7,12H2,1H3,(H,14,15). The van der Waals surface area contributed by atoms with Crippen molar-refractivity contribution in [1.29, 1.82) is 0 Å². The number of hydrogen-bond donors (Lipinski definition) is 4. The molecule has 0 aliphatic heterocycles. The predicted octanol–water partition coefficient (Wildman–Crippen LogP) is -0.176. The molecule has 2 heterocycles. The maximum Gasteiger partial charge on any atom is 0.180 e. The minimum Gasteiger partial charge on any atom is -0.394 e. The molecule has 0 bridgehead atoms. The smallest absolute Gasteiger partial charge is 0.180 e. The fraction of sp³-hybridized carbons (Fsp3) is 0.455. The summed E-state index contributed by atoms with van der Waals surface area (Å²) in [5.74, 6) is 6.45. The highest BCUT2D eigenvalue weighted by Gasteiger charge is 2.12. The molecule has 8 nitrogen and oxygen atoms in total. The van der Waals surface area contributed by atoms with E-state index >= 15 is 0 Å². The molecule has 1 atom stereocenters. The van der Waals surface area contributed by atoms with Crippen LogP contribution in [0, 0.1) is 0 Å². The highest BCUT2D eigenvalue weighted by Crippen LogP contribution is 2.17. The van der Waals surface area contributed by atoms with Gasteiger partial charge in [-0.2, -0.15) is 0 Å². The van der Waals surface area contributed by atoms with Gasteiger partial charge in [0.2, 0.25) is 0 Å². The Labute approximate surface area is 110 Å². The molecule has 2 aromatic rings. The molecular weight excluding hydrogens is 248 g/mol. The molecule has 0 aliphatic rings. The van der Waals surface area contributed by atoms with Crippen LogP contribution in [0.15, 0.2) is 18.6 Å².